The van der Waals surface area contributed by atoms with Gasteiger partial charge >= 0.3 is 10.1 Å². The van der Waals surface area contributed by atoms with Crippen LogP contribution >= 0.6 is 0 Å². The lowest BCUT2D eigenvalue weighted by Gasteiger charge is -1.95. The largest absolute Gasteiger partial charge is 0.365 e. The summed E-state index contributed by atoms with van der Waals surface area (Å²) >= 11 is 0. The average Bonchev–Trinajstić information content (AvgIpc) is 2.14. The first-order chi connectivity index (χ1) is 6.50. The Bertz CT molecular complexity index is 453. The highest BCUT2D eigenvalue weighted by Crippen LogP contribution is 1.97. The number of aliphatic hydroxyl groups excluding tert-OH is 1. The van der Waals surface area contributed by atoms with Gasteiger partial charge in [0.05, 0.1) is 0 Å². The van der Waals surface area contributed by atoms with Crippen LogP contribution in [0.15, 0.2) is 30.3 Å². The first-order valence-electron chi connectivity index (χ1n) is 3.71. The molecule has 74 valence electrons. The molecule has 1 atom stereocenters. The Morgan fingerprint density at radius 1 is 1.21 bits per heavy atom. The second kappa shape index (κ2) is 4.24. The lowest BCUT2D eigenvalue weighted by Crippen LogP contribution is -2.17. The van der Waals surface area contributed by atoms with Crippen molar-refractivity contribution < 1.29 is 18.1 Å². The van der Waals surface area contributed by atoms with E-state index < -0.39 is 15.6 Å². The Morgan fingerprint density at radius 3 is 2.29 bits per heavy atom. The Morgan fingerprint density at radius 2 is 1.79 bits per heavy atom. The van der Waals surface area contributed by atoms with Crippen LogP contribution in [0.4, 0.5) is 0 Å². The van der Waals surface area contributed by atoms with E-state index in [2.05, 4.69) is 5.92 Å². The minimum absolute atomic E-state index is 0.565. The van der Waals surface area contributed by atoms with Crippen LogP contribution in [0, 0.1) is 11.8 Å². The molecule has 0 aliphatic carbocycles. The van der Waals surface area contributed by atoms with E-state index in [4.69, 9.17) is 9.66 Å². The Labute approximate surface area is 81.9 Å². The van der Waals surface area contributed by atoms with Crippen LogP contribution in [-0.4, -0.2) is 23.5 Å². The fourth-order valence-electron chi connectivity index (χ4n) is 0.741. The molecule has 0 heterocycles. The molecule has 4 nitrogen and oxygen atoms in total. The van der Waals surface area contributed by atoms with Crippen molar-refractivity contribution in [2.75, 3.05) is 0 Å². The second-order valence-electron chi connectivity index (χ2n) is 2.50. The summed E-state index contributed by atoms with van der Waals surface area (Å²) in [5.41, 5.74) is -1.49. The van der Waals surface area contributed by atoms with E-state index in [-0.39, 0.29) is 0 Å². The number of rotatable bonds is 1. The summed E-state index contributed by atoms with van der Waals surface area (Å²) in [7, 11) is -4.49. The quantitative estimate of drug-likeness (QED) is 0.516. The maximum Gasteiger partial charge on any atom is 0.304 e. The summed E-state index contributed by atoms with van der Waals surface area (Å²) in [4.78, 5) is 0. The molecule has 0 aliphatic rings. The van der Waals surface area contributed by atoms with E-state index in [1.165, 1.54) is 0 Å². The summed E-state index contributed by atoms with van der Waals surface area (Å²) in [5, 5.41) is 8.84. The number of aliphatic hydroxyl groups is 1. The number of benzene rings is 1. The standard InChI is InChI=1S/C9H8O4S/c10-9(14(11,12)13)7-6-8-4-2-1-3-5-8/h1-5,9-10H,(H,11,12,13)/t9-/m1/s1. The maximum atomic E-state index is 10.4. The average molecular weight is 212 g/mol. The summed E-state index contributed by atoms with van der Waals surface area (Å²) < 4.78 is 29.1. The molecule has 0 amide bonds. The lowest BCUT2D eigenvalue weighted by molar-refractivity contribution is 0.283. The van der Waals surface area contributed by atoms with Gasteiger partial charge in [-0.1, -0.05) is 24.1 Å². The smallest absolute Gasteiger partial charge is 0.304 e. The van der Waals surface area contributed by atoms with E-state index >= 15 is 0 Å². The third kappa shape index (κ3) is 3.18. The zero-order valence-corrected chi connectivity index (χ0v) is 7.90. The van der Waals surface area contributed by atoms with Gasteiger partial charge in [-0.3, -0.25) is 4.55 Å². The van der Waals surface area contributed by atoms with Crippen molar-refractivity contribution in [2.24, 2.45) is 0 Å². The molecule has 0 spiro atoms. The van der Waals surface area contributed by atoms with Crippen molar-refractivity contribution in [1.29, 1.82) is 0 Å². The zero-order chi connectivity index (χ0) is 10.6. The third-order valence-electron chi connectivity index (χ3n) is 1.40. The molecule has 0 aromatic heterocycles. The van der Waals surface area contributed by atoms with Crippen molar-refractivity contribution in [3.05, 3.63) is 35.9 Å². The van der Waals surface area contributed by atoms with Gasteiger partial charge in [0.1, 0.15) is 0 Å². The van der Waals surface area contributed by atoms with Crippen LogP contribution < -0.4 is 0 Å². The predicted molar refractivity (Wildman–Crippen MR) is 50.9 cm³/mol. The molecule has 1 aromatic rings. The summed E-state index contributed by atoms with van der Waals surface area (Å²) in [5.74, 6) is 4.42. The van der Waals surface area contributed by atoms with E-state index in [9.17, 15) is 8.42 Å². The molecule has 0 saturated carbocycles. The van der Waals surface area contributed by atoms with Crippen molar-refractivity contribution in [3.63, 3.8) is 0 Å². The fourth-order valence-corrected chi connectivity index (χ4v) is 0.949. The van der Waals surface area contributed by atoms with Gasteiger partial charge in [-0.15, -0.1) is 0 Å². The molecule has 0 fully saturated rings. The van der Waals surface area contributed by atoms with E-state index in [1.807, 2.05) is 5.92 Å². The van der Waals surface area contributed by atoms with E-state index in [0.29, 0.717) is 5.56 Å². The molecular weight excluding hydrogens is 204 g/mol. The highest BCUT2D eigenvalue weighted by molar-refractivity contribution is 7.86. The van der Waals surface area contributed by atoms with Crippen LogP contribution in [0.25, 0.3) is 0 Å². The van der Waals surface area contributed by atoms with E-state index in [1.54, 1.807) is 30.3 Å². The molecule has 0 unspecified atom stereocenters. The van der Waals surface area contributed by atoms with Gasteiger partial charge in [0.15, 0.2) is 0 Å². The molecule has 1 rings (SSSR count). The van der Waals surface area contributed by atoms with Crippen LogP contribution in [-0.2, 0) is 10.1 Å². The Kier molecular flexibility index (Phi) is 3.25. The van der Waals surface area contributed by atoms with Gasteiger partial charge in [0, 0.05) is 5.56 Å². The molecule has 2 N–H and O–H groups in total. The topological polar surface area (TPSA) is 74.6 Å². The normalized spacial score (nSPS) is 12.7. The minimum Gasteiger partial charge on any atom is -0.365 e. The van der Waals surface area contributed by atoms with Crippen LogP contribution in [0.5, 0.6) is 0 Å². The summed E-state index contributed by atoms with van der Waals surface area (Å²) in [6, 6.07) is 8.55. The SMILES string of the molecule is O=S(=O)(O)[C@@H](O)C#Cc1ccccc1. The van der Waals surface area contributed by atoms with Crippen molar-refractivity contribution in [1.82, 2.24) is 0 Å². The Hall–Kier alpha value is -1.35. The third-order valence-corrected chi connectivity index (χ3v) is 2.08. The minimum atomic E-state index is -4.49. The van der Waals surface area contributed by atoms with Crippen molar-refractivity contribution in [3.8, 4) is 11.8 Å². The Balaban J connectivity index is 2.85. The highest BCUT2D eigenvalue weighted by Gasteiger charge is 2.15. The summed E-state index contributed by atoms with van der Waals surface area (Å²) in [6.07, 6.45) is 0. The summed E-state index contributed by atoms with van der Waals surface area (Å²) in [6.45, 7) is 0. The van der Waals surface area contributed by atoms with Gasteiger partial charge in [-0.25, -0.2) is 0 Å². The van der Waals surface area contributed by atoms with E-state index in [0.717, 1.165) is 0 Å². The first-order valence-corrected chi connectivity index (χ1v) is 5.21. The molecule has 1 aromatic carbocycles. The van der Waals surface area contributed by atoms with Crippen molar-refractivity contribution >= 4 is 10.1 Å². The second-order valence-corrected chi connectivity index (χ2v) is 3.98. The molecule has 5 heteroatoms. The number of hydrogen-bond acceptors (Lipinski definition) is 3. The lowest BCUT2D eigenvalue weighted by atomic mass is 10.2. The molecule has 14 heavy (non-hydrogen) atoms. The maximum absolute atomic E-state index is 10.4. The van der Waals surface area contributed by atoms with Crippen molar-refractivity contribution in [2.45, 2.75) is 5.44 Å². The molecule has 0 radical (unpaired) electrons. The van der Waals surface area contributed by atoms with Crippen LogP contribution in [0.3, 0.4) is 0 Å². The molecule has 0 saturated heterocycles. The van der Waals surface area contributed by atoms with Crippen LogP contribution in [0.1, 0.15) is 5.56 Å². The monoisotopic (exact) mass is 212 g/mol. The van der Waals surface area contributed by atoms with Gasteiger partial charge in [-0.2, -0.15) is 8.42 Å². The van der Waals surface area contributed by atoms with Crippen LogP contribution in [0.2, 0.25) is 0 Å². The van der Waals surface area contributed by atoms with Gasteiger partial charge in [0.25, 0.3) is 0 Å². The fraction of sp³-hybridized carbons (Fsp3) is 0.111. The van der Waals surface area contributed by atoms with Gasteiger partial charge in [-0.05, 0) is 18.1 Å². The first kappa shape index (κ1) is 10.7. The van der Waals surface area contributed by atoms with Gasteiger partial charge in [0.2, 0.25) is 5.44 Å². The predicted octanol–water partition coefficient (Wildman–Crippen LogP) is 0.244. The molecule has 0 bridgehead atoms. The molecular formula is C9H8O4S. The number of hydrogen-bond donors (Lipinski definition) is 2. The zero-order valence-electron chi connectivity index (χ0n) is 7.08. The molecule has 0 aliphatic heterocycles. The van der Waals surface area contributed by atoms with Gasteiger partial charge < -0.3 is 5.11 Å². The highest BCUT2D eigenvalue weighted by atomic mass is 32.2.